The van der Waals surface area contributed by atoms with Crippen LogP contribution in [0.1, 0.15) is 58.8 Å². The molecule has 1 aliphatic rings. The van der Waals surface area contributed by atoms with E-state index >= 15 is 0 Å². The summed E-state index contributed by atoms with van der Waals surface area (Å²) in [5.74, 6) is 0.398. The van der Waals surface area contributed by atoms with Gasteiger partial charge in [0.25, 0.3) is 5.91 Å². The van der Waals surface area contributed by atoms with Gasteiger partial charge in [-0.05, 0) is 75.0 Å². The predicted molar refractivity (Wildman–Crippen MR) is 158 cm³/mol. The zero-order chi connectivity index (χ0) is 31.0. The fourth-order valence-electron chi connectivity index (χ4n) is 4.51. The van der Waals surface area contributed by atoms with Crippen LogP contribution in [0.3, 0.4) is 0 Å². The number of amides is 2. The molecule has 1 heterocycles. The summed E-state index contributed by atoms with van der Waals surface area (Å²) in [4.78, 5) is 28.7. The molecule has 0 spiro atoms. The van der Waals surface area contributed by atoms with E-state index < -0.39 is 17.6 Å². The third-order valence-electron chi connectivity index (χ3n) is 6.96. The summed E-state index contributed by atoms with van der Waals surface area (Å²) >= 11 is 0. The number of nitrogens with one attached hydrogen (secondary N) is 4. The maximum Gasteiger partial charge on any atom is 0.416 e. The minimum absolute atomic E-state index is 0.0159. The largest absolute Gasteiger partial charge is 0.490 e. The Bertz CT molecular complexity index is 1440. The van der Waals surface area contributed by atoms with Crippen molar-refractivity contribution in [1.82, 2.24) is 15.6 Å². The Morgan fingerprint density at radius 3 is 2.51 bits per heavy atom. The van der Waals surface area contributed by atoms with Crippen LogP contribution in [-0.2, 0) is 11.0 Å². The Morgan fingerprint density at radius 2 is 1.81 bits per heavy atom. The molecule has 0 saturated heterocycles. The van der Waals surface area contributed by atoms with Crippen LogP contribution < -0.4 is 30.7 Å². The van der Waals surface area contributed by atoms with E-state index in [1.54, 1.807) is 25.2 Å². The molecule has 12 heteroatoms. The molecular weight excluding hydrogens is 563 g/mol. The Labute approximate surface area is 248 Å². The highest BCUT2D eigenvalue weighted by molar-refractivity contribution is 5.93. The molecule has 2 amide bonds. The van der Waals surface area contributed by atoms with E-state index in [-0.39, 0.29) is 47.5 Å². The first kappa shape index (κ1) is 31.6. The average Bonchev–Trinajstić information content (AvgIpc) is 3.82. The lowest BCUT2D eigenvalue weighted by atomic mass is 10.0. The molecule has 43 heavy (non-hydrogen) atoms. The third kappa shape index (κ3) is 8.60. The van der Waals surface area contributed by atoms with Gasteiger partial charge in [0.15, 0.2) is 0 Å². The van der Waals surface area contributed by atoms with Gasteiger partial charge < -0.3 is 30.7 Å². The molecule has 0 bridgehead atoms. The van der Waals surface area contributed by atoms with Gasteiger partial charge in [-0.1, -0.05) is 6.07 Å². The summed E-state index contributed by atoms with van der Waals surface area (Å²) in [6.07, 6.45) is -1.12. The highest BCUT2D eigenvalue weighted by Crippen LogP contribution is 2.48. The van der Waals surface area contributed by atoms with Crippen molar-refractivity contribution < 1.29 is 32.2 Å². The lowest BCUT2D eigenvalue weighted by Gasteiger charge is -2.19. The zero-order valence-corrected chi connectivity index (χ0v) is 24.4. The Morgan fingerprint density at radius 1 is 1.02 bits per heavy atom. The summed E-state index contributed by atoms with van der Waals surface area (Å²) in [5, 5.41) is 11.4. The number of nitrogens with zero attached hydrogens (tertiary/aromatic N) is 1. The molecule has 230 valence electrons. The molecule has 0 unspecified atom stereocenters. The number of hydrogen-bond donors (Lipinski definition) is 4. The first-order valence-corrected chi connectivity index (χ1v) is 14.1. The highest BCUT2D eigenvalue weighted by atomic mass is 19.4. The average molecular weight is 600 g/mol. The van der Waals surface area contributed by atoms with E-state index in [0.717, 1.165) is 17.3 Å². The Kier molecular flexibility index (Phi) is 10.5. The second-order valence-corrected chi connectivity index (χ2v) is 10.2. The smallest absolute Gasteiger partial charge is 0.416 e. The number of benzene rings is 2. The van der Waals surface area contributed by atoms with E-state index in [9.17, 15) is 22.8 Å². The van der Waals surface area contributed by atoms with Gasteiger partial charge >= 0.3 is 6.18 Å². The molecule has 3 aromatic rings. The fourth-order valence-corrected chi connectivity index (χ4v) is 4.51. The van der Waals surface area contributed by atoms with Gasteiger partial charge in [0, 0.05) is 50.1 Å². The molecule has 4 N–H and O–H groups in total. The van der Waals surface area contributed by atoms with E-state index in [2.05, 4.69) is 26.3 Å². The number of carbonyl (C=O) groups excluding carboxylic acids is 2. The van der Waals surface area contributed by atoms with Crippen molar-refractivity contribution in [2.24, 2.45) is 0 Å². The van der Waals surface area contributed by atoms with E-state index in [1.165, 1.54) is 19.3 Å². The van der Waals surface area contributed by atoms with Crippen molar-refractivity contribution in [3.63, 3.8) is 0 Å². The number of ether oxygens (including phenoxy) is 2. The van der Waals surface area contributed by atoms with Crippen molar-refractivity contribution in [2.45, 2.75) is 44.7 Å². The maximum absolute atomic E-state index is 13.8. The fraction of sp³-hybridized carbons (Fsp3) is 0.387. The van der Waals surface area contributed by atoms with Crippen LogP contribution in [0.4, 0.5) is 24.5 Å². The number of halogens is 3. The molecule has 0 atom stereocenters. The van der Waals surface area contributed by atoms with Crippen LogP contribution in [-0.4, -0.2) is 50.6 Å². The summed E-state index contributed by atoms with van der Waals surface area (Å²) < 4.78 is 53.3. The van der Waals surface area contributed by atoms with Crippen molar-refractivity contribution >= 4 is 23.2 Å². The highest BCUT2D eigenvalue weighted by Gasteiger charge is 2.39. The van der Waals surface area contributed by atoms with Gasteiger partial charge in [0.05, 0.1) is 11.3 Å². The van der Waals surface area contributed by atoms with Crippen LogP contribution in [0.2, 0.25) is 0 Å². The molecule has 0 aliphatic heterocycles. The second-order valence-electron chi connectivity index (χ2n) is 10.2. The molecule has 4 rings (SSSR count). The molecule has 1 aromatic heterocycles. The topological polar surface area (TPSA) is 114 Å². The number of hydrogen-bond acceptors (Lipinski definition) is 7. The Balaban J connectivity index is 1.36. The van der Waals surface area contributed by atoms with Crippen molar-refractivity contribution in [2.75, 3.05) is 44.4 Å². The number of likely N-dealkylation sites (N-methyl/N-ethyl adjacent to an activating group) is 1. The molecule has 9 nitrogen and oxygen atoms in total. The number of rotatable bonds is 14. The number of carbonyl (C=O) groups is 2. The quantitative estimate of drug-likeness (QED) is 0.172. The van der Waals surface area contributed by atoms with Crippen molar-refractivity contribution in [3.05, 3.63) is 71.0 Å². The SMILES string of the molecule is CNCCOc1cc(C2CC2)c(C(F)(F)F)cc1NC(=O)CCCNc1cccc(Oc2ccnc(C(=O)NC)c2)c1C. The minimum atomic E-state index is -4.54. The van der Waals surface area contributed by atoms with Crippen molar-refractivity contribution in [1.29, 1.82) is 0 Å². The van der Waals surface area contributed by atoms with Crippen LogP contribution in [0, 0.1) is 6.92 Å². The van der Waals surface area contributed by atoms with Gasteiger partial charge in [-0.25, -0.2) is 0 Å². The van der Waals surface area contributed by atoms with Gasteiger partial charge in [-0.3, -0.25) is 14.6 Å². The van der Waals surface area contributed by atoms with Crippen LogP contribution in [0.5, 0.6) is 17.2 Å². The van der Waals surface area contributed by atoms with E-state index in [0.29, 0.717) is 43.9 Å². The molecule has 0 radical (unpaired) electrons. The third-order valence-corrected chi connectivity index (χ3v) is 6.96. The monoisotopic (exact) mass is 599 g/mol. The summed E-state index contributed by atoms with van der Waals surface area (Å²) in [6, 6.07) is 11.1. The van der Waals surface area contributed by atoms with Crippen LogP contribution in [0.15, 0.2) is 48.7 Å². The van der Waals surface area contributed by atoms with Crippen LogP contribution >= 0.6 is 0 Å². The zero-order valence-electron chi connectivity index (χ0n) is 24.4. The van der Waals surface area contributed by atoms with Gasteiger partial charge in [-0.2, -0.15) is 13.2 Å². The normalized spacial score (nSPS) is 12.9. The maximum atomic E-state index is 13.8. The van der Waals surface area contributed by atoms with Crippen molar-refractivity contribution in [3.8, 4) is 17.2 Å². The molecular formula is C31H36F3N5O4. The number of aromatic nitrogens is 1. The van der Waals surface area contributed by atoms with Gasteiger partial charge in [-0.15, -0.1) is 0 Å². The molecule has 1 fully saturated rings. The number of alkyl halides is 3. The molecule has 1 saturated carbocycles. The first-order valence-electron chi connectivity index (χ1n) is 14.1. The number of anilines is 2. The van der Waals surface area contributed by atoms with E-state index in [4.69, 9.17) is 9.47 Å². The predicted octanol–water partition coefficient (Wildman–Crippen LogP) is 5.87. The molecule has 2 aromatic carbocycles. The van der Waals surface area contributed by atoms with Gasteiger partial charge in [0.2, 0.25) is 5.91 Å². The van der Waals surface area contributed by atoms with Gasteiger partial charge in [0.1, 0.15) is 29.5 Å². The van der Waals surface area contributed by atoms with Crippen LogP contribution in [0.25, 0.3) is 0 Å². The second kappa shape index (κ2) is 14.2. The number of pyridine rings is 1. The lowest BCUT2D eigenvalue weighted by Crippen LogP contribution is -2.19. The molecule has 1 aliphatic carbocycles. The summed E-state index contributed by atoms with van der Waals surface area (Å²) in [6.45, 7) is 3.07. The first-order chi connectivity index (χ1) is 20.6. The lowest BCUT2D eigenvalue weighted by molar-refractivity contribution is -0.138. The Hall–Kier alpha value is -4.32. The summed E-state index contributed by atoms with van der Waals surface area (Å²) in [7, 11) is 3.27. The standard InChI is InChI=1S/C31H36F3N5O4/c1-19-24(6-4-7-27(19)43-21-11-13-38-26(16-21)30(41)36-3)37-12-5-8-29(40)39-25-18-23(31(32,33)34)22(20-9-10-20)17-28(25)42-15-14-35-2/h4,6-7,11,13,16-18,20,35,37H,5,8-10,12,14-15H2,1-3H3,(H,36,41)(H,39,40). The summed E-state index contributed by atoms with van der Waals surface area (Å²) in [5.41, 5.74) is 1.35. The van der Waals surface area contributed by atoms with E-state index in [1.807, 2.05) is 19.1 Å². The minimum Gasteiger partial charge on any atom is -0.490 e.